The van der Waals surface area contributed by atoms with Gasteiger partial charge in [0.1, 0.15) is 5.92 Å². The van der Waals surface area contributed by atoms with Crippen LogP contribution in [0.1, 0.15) is 19.8 Å². The molecule has 1 aromatic rings. The van der Waals surface area contributed by atoms with Gasteiger partial charge in [-0.15, -0.1) is 0 Å². The molecule has 1 amide bonds. The molecule has 0 aliphatic carbocycles. The smallest absolute Gasteiger partial charge is 0.241 e. The number of carbonyl (C=O) groups excluding carboxylic acids is 1. The van der Waals surface area contributed by atoms with E-state index in [0.29, 0.717) is 12.1 Å². The van der Waals surface area contributed by atoms with Crippen LogP contribution in [0.4, 0.5) is 5.69 Å². The number of nitriles is 1. The maximum absolute atomic E-state index is 11.8. The summed E-state index contributed by atoms with van der Waals surface area (Å²) in [4.78, 5) is 11.8. The van der Waals surface area contributed by atoms with Gasteiger partial charge < -0.3 is 5.32 Å². The van der Waals surface area contributed by atoms with Gasteiger partial charge in [0, 0.05) is 8.95 Å². The first kappa shape index (κ1) is 14.2. The molecule has 0 fully saturated rings. The standard InChI is InChI=1S/C12H12Br2N2O/c1-2-3-8(7-15)12(17)16-11-5-4-9(13)6-10(11)14/h4-6,8H,2-3H2,1H3,(H,16,17). The third-order valence-electron chi connectivity index (χ3n) is 2.24. The van der Waals surface area contributed by atoms with Crippen LogP contribution < -0.4 is 5.32 Å². The highest BCUT2D eigenvalue weighted by Crippen LogP contribution is 2.26. The molecule has 90 valence electrons. The average Bonchev–Trinajstić information content (AvgIpc) is 2.29. The van der Waals surface area contributed by atoms with Crippen LogP contribution in [-0.4, -0.2) is 5.91 Å². The third kappa shape index (κ3) is 4.14. The van der Waals surface area contributed by atoms with E-state index in [0.717, 1.165) is 15.4 Å². The van der Waals surface area contributed by atoms with Gasteiger partial charge in [0.15, 0.2) is 0 Å². The van der Waals surface area contributed by atoms with E-state index in [1.54, 1.807) is 6.07 Å². The van der Waals surface area contributed by atoms with Gasteiger partial charge in [-0.05, 0) is 40.5 Å². The zero-order valence-electron chi connectivity index (χ0n) is 9.34. The van der Waals surface area contributed by atoms with E-state index < -0.39 is 5.92 Å². The van der Waals surface area contributed by atoms with E-state index in [2.05, 4.69) is 37.2 Å². The van der Waals surface area contributed by atoms with Gasteiger partial charge in [-0.2, -0.15) is 5.26 Å². The van der Waals surface area contributed by atoms with Crippen molar-refractivity contribution in [2.24, 2.45) is 5.92 Å². The van der Waals surface area contributed by atoms with Crippen molar-refractivity contribution in [2.75, 3.05) is 5.32 Å². The fourth-order valence-corrected chi connectivity index (χ4v) is 2.50. The van der Waals surface area contributed by atoms with Crippen LogP contribution in [0, 0.1) is 17.2 Å². The summed E-state index contributed by atoms with van der Waals surface area (Å²) in [5.74, 6) is -0.840. The SMILES string of the molecule is CCCC(C#N)C(=O)Nc1ccc(Br)cc1Br. The van der Waals surface area contributed by atoms with Gasteiger partial charge in [-0.3, -0.25) is 4.79 Å². The van der Waals surface area contributed by atoms with Gasteiger partial charge in [-0.25, -0.2) is 0 Å². The largest absolute Gasteiger partial charge is 0.324 e. The summed E-state index contributed by atoms with van der Waals surface area (Å²) in [6.07, 6.45) is 1.39. The van der Waals surface area contributed by atoms with Gasteiger partial charge in [0.25, 0.3) is 0 Å². The molecule has 0 aliphatic heterocycles. The van der Waals surface area contributed by atoms with E-state index in [1.165, 1.54) is 0 Å². The van der Waals surface area contributed by atoms with Crippen molar-refractivity contribution in [1.29, 1.82) is 5.26 Å². The minimum absolute atomic E-state index is 0.252. The molecule has 0 radical (unpaired) electrons. The zero-order valence-corrected chi connectivity index (χ0v) is 12.5. The summed E-state index contributed by atoms with van der Waals surface area (Å²) < 4.78 is 1.71. The summed E-state index contributed by atoms with van der Waals surface area (Å²) in [5, 5.41) is 11.6. The number of rotatable bonds is 4. The van der Waals surface area contributed by atoms with E-state index in [-0.39, 0.29) is 5.91 Å². The average molecular weight is 360 g/mol. The second-order valence-electron chi connectivity index (χ2n) is 3.58. The number of halogens is 2. The van der Waals surface area contributed by atoms with E-state index in [9.17, 15) is 4.79 Å². The first-order valence-electron chi connectivity index (χ1n) is 5.24. The lowest BCUT2D eigenvalue weighted by atomic mass is 10.0. The first-order chi connectivity index (χ1) is 8.08. The molecular formula is C12H12Br2N2O. The second kappa shape index (κ2) is 6.77. The molecule has 3 nitrogen and oxygen atoms in total. The van der Waals surface area contributed by atoms with Crippen LogP contribution in [0.15, 0.2) is 27.1 Å². The highest BCUT2D eigenvalue weighted by Gasteiger charge is 2.17. The van der Waals surface area contributed by atoms with Crippen LogP contribution in [0.5, 0.6) is 0 Å². The van der Waals surface area contributed by atoms with Crippen molar-refractivity contribution in [3.63, 3.8) is 0 Å². The molecule has 5 heteroatoms. The maximum atomic E-state index is 11.8. The Morgan fingerprint density at radius 3 is 2.76 bits per heavy atom. The molecule has 0 aromatic heterocycles. The Morgan fingerprint density at radius 2 is 2.24 bits per heavy atom. The molecule has 1 atom stereocenters. The highest BCUT2D eigenvalue weighted by molar-refractivity contribution is 9.11. The van der Waals surface area contributed by atoms with Crippen molar-refractivity contribution in [3.8, 4) is 6.07 Å². The lowest BCUT2D eigenvalue weighted by Gasteiger charge is -2.10. The number of hydrogen-bond acceptors (Lipinski definition) is 2. The van der Waals surface area contributed by atoms with Crippen molar-refractivity contribution in [2.45, 2.75) is 19.8 Å². The molecule has 17 heavy (non-hydrogen) atoms. The van der Waals surface area contributed by atoms with E-state index >= 15 is 0 Å². The summed E-state index contributed by atoms with van der Waals surface area (Å²) in [6.45, 7) is 1.95. The number of carbonyl (C=O) groups is 1. The molecule has 0 saturated heterocycles. The quantitative estimate of drug-likeness (QED) is 0.880. The number of nitrogens with one attached hydrogen (secondary N) is 1. The van der Waals surface area contributed by atoms with Crippen molar-refractivity contribution in [1.82, 2.24) is 0 Å². The molecule has 1 unspecified atom stereocenters. The van der Waals surface area contributed by atoms with E-state index in [1.807, 2.05) is 25.1 Å². The van der Waals surface area contributed by atoms with Crippen LogP contribution >= 0.6 is 31.9 Å². The lowest BCUT2D eigenvalue weighted by molar-refractivity contribution is -0.118. The number of amides is 1. The predicted octanol–water partition coefficient (Wildman–Crippen LogP) is 4.09. The van der Waals surface area contributed by atoms with Gasteiger partial charge in [0.05, 0.1) is 11.8 Å². The maximum Gasteiger partial charge on any atom is 0.241 e. The third-order valence-corrected chi connectivity index (χ3v) is 3.39. The Bertz CT molecular complexity index is 454. The van der Waals surface area contributed by atoms with Crippen molar-refractivity contribution < 1.29 is 4.79 Å². The van der Waals surface area contributed by atoms with Gasteiger partial charge >= 0.3 is 0 Å². The summed E-state index contributed by atoms with van der Waals surface area (Å²) in [7, 11) is 0. The van der Waals surface area contributed by atoms with Gasteiger partial charge in [-0.1, -0.05) is 29.3 Å². The molecule has 0 bridgehead atoms. The molecule has 1 N–H and O–H groups in total. The molecule has 0 heterocycles. The van der Waals surface area contributed by atoms with Crippen molar-refractivity contribution >= 4 is 43.5 Å². The lowest BCUT2D eigenvalue weighted by Crippen LogP contribution is -2.21. The Hall–Kier alpha value is -0.860. The first-order valence-corrected chi connectivity index (χ1v) is 6.82. The predicted molar refractivity (Wildman–Crippen MR) is 74.5 cm³/mol. The molecular weight excluding hydrogens is 348 g/mol. The second-order valence-corrected chi connectivity index (χ2v) is 5.35. The molecule has 0 spiro atoms. The Labute approximate surface area is 117 Å². The van der Waals surface area contributed by atoms with Crippen LogP contribution in [0.2, 0.25) is 0 Å². The Morgan fingerprint density at radius 1 is 1.53 bits per heavy atom. The summed E-state index contributed by atoms with van der Waals surface area (Å²) >= 11 is 6.69. The van der Waals surface area contributed by atoms with Crippen LogP contribution in [-0.2, 0) is 4.79 Å². The fourth-order valence-electron chi connectivity index (χ4n) is 1.35. The fraction of sp³-hybridized carbons (Fsp3) is 0.333. The number of benzene rings is 1. The molecule has 0 saturated carbocycles. The normalized spacial score (nSPS) is 11.6. The molecule has 1 aromatic carbocycles. The number of hydrogen-bond donors (Lipinski definition) is 1. The number of nitrogens with zero attached hydrogens (tertiary/aromatic N) is 1. The minimum atomic E-state index is -0.587. The topological polar surface area (TPSA) is 52.9 Å². The Balaban J connectivity index is 2.77. The highest BCUT2D eigenvalue weighted by atomic mass is 79.9. The van der Waals surface area contributed by atoms with Crippen molar-refractivity contribution in [3.05, 3.63) is 27.1 Å². The minimum Gasteiger partial charge on any atom is -0.324 e. The van der Waals surface area contributed by atoms with Gasteiger partial charge in [0.2, 0.25) is 5.91 Å². The molecule has 1 rings (SSSR count). The van der Waals surface area contributed by atoms with Crippen LogP contribution in [0.25, 0.3) is 0 Å². The molecule has 0 aliphatic rings. The summed E-state index contributed by atoms with van der Waals surface area (Å²) in [6, 6.07) is 7.48. The zero-order chi connectivity index (χ0) is 12.8. The summed E-state index contributed by atoms with van der Waals surface area (Å²) in [5.41, 5.74) is 0.676. The van der Waals surface area contributed by atoms with Crippen LogP contribution in [0.3, 0.4) is 0 Å². The monoisotopic (exact) mass is 358 g/mol. The Kier molecular flexibility index (Phi) is 5.66. The van der Waals surface area contributed by atoms with E-state index in [4.69, 9.17) is 5.26 Å². The number of anilines is 1.